The Balaban J connectivity index is 2.00. The van der Waals surface area contributed by atoms with Crippen molar-refractivity contribution in [2.45, 2.75) is 37.8 Å². The van der Waals surface area contributed by atoms with Gasteiger partial charge in [0.05, 0.1) is 0 Å². The van der Waals surface area contributed by atoms with Crippen LogP contribution in [0.15, 0.2) is 0 Å². The zero-order chi connectivity index (χ0) is 10.8. The van der Waals surface area contributed by atoms with Gasteiger partial charge in [0, 0.05) is 19.1 Å². The van der Waals surface area contributed by atoms with Crippen molar-refractivity contribution < 1.29 is 9.90 Å². The Labute approximate surface area is 90.9 Å². The summed E-state index contributed by atoms with van der Waals surface area (Å²) in [6.07, 6.45) is 4.23. The molecule has 0 aromatic carbocycles. The molecule has 2 aliphatic heterocycles. The van der Waals surface area contributed by atoms with Gasteiger partial charge in [-0.25, -0.2) is 0 Å². The zero-order valence-electron chi connectivity index (χ0n) is 9.35. The van der Waals surface area contributed by atoms with Gasteiger partial charge in [-0.3, -0.25) is 9.69 Å². The van der Waals surface area contributed by atoms with Crippen molar-refractivity contribution in [2.75, 3.05) is 26.7 Å². The van der Waals surface area contributed by atoms with Crippen molar-refractivity contribution in [2.24, 2.45) is 0 Å². The third kappa shape index (κ3) is 2.32. The molecule has 2 fully saturated rings. The number of carboxylic acid groups (broad SMARTS) is 1. The Morgan fingerprint density at radius 1 is 1.27 bits per heavy atom. The second-order valence-electron chi connectivity index (χ2n) is 4.82. The largest absolute Gasteiger partial charge is 0.480 e. The Hall–Kier alpha value is -0.610. The van der Waals surface area contributed by atoms with E-state index in [1.165, 1.54) is 6.42 Å². The van der Waals surface area contributed by atoms with Crippen molar-refractivity contribution in [1.82, 2.24) is 9.80 Å². The van der Waals surface area contributed by atoms with E-state index in [1.54, 1.807) is 0 Å². The van der Waals surface area contributed by atoms with Crippen LogP contribution in [-0.4, -0.2) is 59.6 Å². The van der Waals surface area contributed by atoms with Crippen LogP contribution in [0.2, 0.25) is 0 Å². The molecule has 1 atom stereocenters. The first-order valence-corrected chi connectivity index (χ1v) is 5.85. The van der Waals surface area contributed by atoms with Crippen molar-refractivity contribution in [1.29, 1.82) is 0 Å². The lowest BCUT2D eigenvalue weighted by Crippen LogP contribution is -2.61. The quantitative estimate of drug-likeness (QED) is 0.729. The van der Waals surface area contributed by atoms with Crippen LogP contribution in [0.3, 0.4) is 0 Å². The summed E-state index contributed by atoms with van der Waals surface area (Å²) in [5.74, 6) is -0.633. The zero-order valence-corrected chi connectivity index (χ0v) is 9.35. The maximum absolute atomic E-state index is 11.2. The van der Waals surface area contributed by atoms with Crippen LogP contribution in [0.1, 0.15) is 25.7 Å². The Kier molecular flexibility index (Phi) is 3.26. The summed E-state index contributed by atoms with van der Waals surface area (Å²) in [6.45, 7) is 3.03. The summed E-state index contributed by atoms with van der Waals surface area (Å²) in [7, 11) is 2.09. The lowest BCUT2D eigenvalue weighted by Gasteiger charge is -2.45. The summed E-state index contributed by atoms with van der Waals surface area (Å²) in [6, 6.07) is 0.250. The van der Waals surface area contributed by atoms with Crippen molar-refractivity contribution in [3.05, 3.63) is 0 Å². The van der Waals surface area contributed by atoms with Gasteiger partial charge in [-0.2, -0.15) is 0 Å². The van der Waals surface area contributed by atoms with Gasteiger partial charge in [0.2, 0.25) is 0 Å². The average molecular weight is 212 g/mol. The van der Waals surface area contributed by atoms with Gasteiger partial charge in [-0.05, 0) is 26.4 Å². The predicted molar refractivity (Wildman–Crippen MR) is 57.9 cm³/mol. The molecular formula is C11H20N2O2. The minimum absolute atomic E-state index is 0.230. The molecule has 0 saturated carbocycles. The van der Waals surface area contributed by atoms with Crippen LogP contribution in [0.25, 0.3) is 0 Å². The Bertz CT molecular complexity index is 239. The minimum Gasteiger partial charge on any atom is -0.480 e. The number of hydrogen-bond acceptors (Lipinski definition) is 3. The first-order valence-electron chi connectivity index (χ1n) is 5.85. The highest BCUT2D eigenvalue weighted by Crippen LogP contribution is 2.23. The van der Waals surface area contributed by atoms with Crippen LogP contribution in [0.5, 0.6) is 0 Å². The minimum atomic E-state index is -0.633. The molecule has 2 saturated heterocycles. The van der Waals surface area contributed by atoms with Gasteiger partial charge in [-0.15, -0.1) is 0 Å². The molecule has 0 bridgehead atoms. The first kappa shape index (κ1) is 10.9. The number of likely N-dealkylation sites (N-methyl/N-ethyl adjacent to an activating group) is 1. The van der Waals surface area contributed by atoms with Gasteiger partial charge in [0.25, 0.3) is 0 Å². The van der Waals surface area contributed by atoms with Crippen molar-refractivity contribution >= 4 is 5.97 Å². The standard InChI is InChI=1S/C11H20N2O2/c1-12-7-9(8-12)13-6-4-2-3-5-10(13)11(14)15/h9-10H,2-8H2,1H3,(H,14,15). The Morgan fingerprint density at radius 3 is 2.60 bits per heavy atom. The first-order chi connectivity index (χ1) is 7.18. The summed E-state index contributed by atoms with van der Waals surface area (Å²) >= 11 is 0. The van der Waals surface area contributed by atoms with Gasteiger partial charge in [0.1, 0.15) is 6.04 Å². The van der Waals surface area contributed by atoms with Crippen LogP contribution >= 0.6 is 0 Å². The van der Waals surface area contributed by atoms with Gasteiger partial charge in [-0.1, -0.05) is 12.8 Å². The molecule has 2 aliphatic rings. The molecule has 4 nitrogen and oxygen atoms in total. The van der Waals surface area contributed by atoms with Gasteiger partial charge in [0.15, 0.2) is 0 Å². The number of aliphatic carboxylic acids is 1. The fraction of sp³-hybridized carbons (Fsp3) is 0.909. The molecule has 0 spiro atoms. The summed E-state index contributed by atoms with van der Waals surface area (Å²) in [5.41, 5.74) is 0. The molecule has 1 N–H and O–H groups in total. The van der Waals surface area contributed by atoms with E-state index in [-0.39, 0.29) is 6.04 Å². The number of rotatable bonds is 2. The third-order valence-corrected chi connectivity index (χ3v) is 3.59. The number of carboxylic acids is 1. The summed E-state index contributed by atoms with van der Waals surface area (Å²) in [4.78, 5) is 15.7. The van der Waals surface area contributed by atoms with E-state index < -0.39 is 5.97 Å². The topological polar surface area (TPSA) is 43.8 Å². The van der Waals surface area contributed by atoms with Crippen molar-refractivity contribution in [3.8, 4) is 0 Å². The highest BCUT2D eigenvalue weighted by molar-refractivity contribution is 5.73. The molecule has 2 rings (SSSR count). The van der Waals surface area contributed by atoms with Crippen LogP contribution in [-0.2, 0) is 4.79 Å². The highest BCUT2D eigenvalue weighted by atomic mass is 16.4. The van der Waals surface area contributed by atoms with Crippen LogP contribution in [0, 0.1) is 0 Å². The van der Waals surface area contributed by atoms with Gasteiger partial charge < -0.3 is 10.0 Å². The fourth-order valence-corrected chi connectivity index (χ4v) is 2.71. The third-order valence-electron chi connectivity index (χ3n) is 3.59. The van der Waals surface area contributed by atoms with E-state index in [4.69, 9.17) is 0 Å². The smallest absolute Gasteiger partial charge is 0.320 e. The number of hydrogen-bond donors (Lipinski definition) is 1. The van der Waals surface area contributed by atoms with E-state index in [0.29, 0.717) is 6.04 Å². The average Bonchev–Trinajstić information content (AvgIpc) is 2.37. The molecular weight excluding hydrogens is 192 g/mol. The molecule has 0 radical (unpaired) electrons. The SMILES string of the molecule is CN1CC(N2CCCCCC2C(=O)O)C1. The van der Waals surface area contributed by atoms with E-state index in [2.05, 4.69) is 16.8 Å². The van der Waals surface area contributed by atoms with Crippen LogP contribution < -0.4 is 0 Å². The normalized spacial score (nSPS) is 30.9. The lowest BCUT2D eigenvalue weighted by atomic mass is 10.0. The van der Waals surface area contributed by atoms with E-state index in [0.717, 1.165) is 38.9 Å². The molecule has 4 heteroatoms. The second-order valence-corrected chi connectivity index (χ2v) is 4.82. The van der Waals surface area contributed by atoms with Crippen LogP contribution in [0.4, 0.5) is 0 Å². The maximum Gasteiger partial charge on any atom is 0.320 e. The Morgan fingerprint density at radius 2 is 2.00 bits per heavy atom. The molecule has 1 unspecified atom stereocenters. The molecule has 0 aromatic rings. The highest BCUT2D eigenvalue weighted by Gasteiger charge is 2.37. The number of likely N-dealkylation sites (tertiary alicyclic amines) is 2. The molecule has 15 heavy (non-hydrogen) atoms. The van der Waals surface area contributed by atoms with E-state index in [1.807, 2.05) is 0 Å². The predicted octanol–water partition coefficient (Wildman–Crippen LogP) is 0.630. The molecule has 0 amide bonds. The maximum atomic E-state index is 11.2. The van der Waals surface area contributed by atoms with Crippen molar-refractivity contribution in [3.63, 3.8) is 0 Å². The lowest BCUT2D eigenvalue weighted by molar-refractivity contribution is -0.146. The molecule has 86 valence electrons. The number of nitrogens with zero attached hydrogens (tertiary/aromatic N) is 2. The van der Waals surface area contributed by atoms with E-state index in [9.17, 15) is 9.90 Å². The molecule has 0 aliphatic carbocycles. The fourth-order valence-electron chi connectivity index (χ4n) is 2.71. The monoisotopic (exact) mass is 212 g/mol. The second kappa shape index (κ2) is 4.49. The summed E-state index contributed by atoms with van der Waals surface area (Å²) in [5, 5.41) is 9.21. The van der Waals surface area contributed by atoms with Gasteiger partial charge >= 0.3 is 5.97 Å². The summed E-state index contributed by atoms with van der Waals surface area (Å²) < 4.78 is 0. The molecule has 0 aromatic heterocycles. The number of carbonyl (C=O) groups is 1. The molecule has 2 heterocycles. The van der Waals surface area contributed by atoms with E-state index >= 15 is 0 Å².